The Morgan fingerprint density at radius 2 is 2.29 bits per heavy atom. The van der Waals surface area contributed by atoms with Crippen molar-refractivity contribution in [1.29, 1.82) is 0 Å². The Labute approximate surface area is 103 Å². The van der Waals surface area contributed by atoms with Crippen LogP contribution in [0.3, 0.4) is 0 Å². The first-order valence-corrected chi connectivity index (χ1v) is 6.43. The number of hydrogen-bond donors (Lipinski definition) is 1. The summed E-state index contributed by atoms with van der Waals surface area (Å²) in [6.07, 6.45) is 5.04. The molecular formula is C12H22N4O. The van der Waals surface area contributed by atoms with Crippen LogP contribution < -0.4 is 5.32 Å². The highest BCUT2D eigenvalue weighted by molar-refractivity contribution is 4.90. The van der Waals surface area contributed by atoms with Crippen molar-refractivity contribution in [3.63, 3.8) is 0 Å². The van der Waals surface area contributed by atoms with Gasteiger partial charge >= 0.3 is 0 Å². The standard InChI is InChI=1S/C12H22N4O/c1-10-14-15-12(16(10)2)9-17-8-6-11-5-3-4-7-13-11/h11,13H,3-9H2,1-2H3. The lowest BCUT2D eigenvalue weighted by Gasteiger charge is -2.23. The summed E-state index contributed by atoms with van der Waals surface area (Å²) in [7, 11) is 1.97. The van der Waals surface area contributed by atoms with Gasteiger partial charge in [0, 0.05) is 19.7 Å². The molecule has 1 aromatic rings. The topological polar surface area (TPSA) is 52.0 Å². The lowest BCUT2D eigenvalue weighted by atomic mass is 10.0. The van der Waals surface area contributed by atoms with Crippen LogP contribution in [0.15, 0.2) is 0 Å². The number of nitrogens with one attached hydrogen (secondary N) is 1. The van der Waals surface area contributed by atoms with Gasteiger partial charge in [-0.2, -0.15) is 0 Å². The van der Waals surface area contributed by atoms with E-state index in [0.717, 1.165) is 31.2 Å². The third-order valence-electron chi connectivity index (χ3n) is 3.44. The first kappa shape index (κ1) is 12.5. The van der Waals surface area contributed by atoms with Gasteiger partial charge in [0.15, 0.2) is 5.82 Å². The predicted molar refractivity (Wildman–Crippen MR) is 65.7 cm³/mol. The van der Waals surface area contributed by atoms with Crippen LogP contribution in [0.1, 0.15) is 37.3 Å². The zero-order valence-corrected chi connectivity index (χ0v) is 10.8. The Bertz CT molecular complexity index is 344. The molecule has 96 valence electrons. The van der Waals surface area contributed by atoms with Crippen molar-refractivity contribution < 1.29 is 4.74 Å². The zero-order chi connectivity index (χ0) is 12.1. The van der Waals surface area contributed by atoms with E-state index < -0.39 is 0 Å². The average molecular weight is 238 g/mol. The third-order valence-corrected chi connectivity index (χ3v) is 3.44. The van der Waals surface area contributed by atoms with Gasteiger partial charge in [-0.25, -0.2) is 0 Å². The molecule has 5 nitrogen and oxygen atoms in total. The molecule has 0 amide bonds. The second-order valence-electron chi connectivity index (χ2n) is 4.71. The van der Waals surface area contributed by atoms with E-state index in [-0.39, 0.29) is 0 Å². The average Bonchev–Trinajstić information content (AvgIpc) is 2.67. The van der Waals surface area contributed by atoms with Crippen molar-refractivity contribution in [2.24, 2.45) is 7.05 Å². The summed E-state index contributed by atoms with van der Waals surface area (Å²) in [4.78, 5) is 0. The van der Waals surface area contributed by atoms with Crippen LogP contribution in [0, 0.1) is 6.92 Å². The fourth-order valence-electron chi connectivity index (χ4n) is 2.14. The molecule has 0 saturated carbocycles. The van der Waals surface area contributed by atoms with Crippen LogP contribution >= 0.6 is 0 Å². The molecule has 1 unspecified atom stereocenters. The molecule has 1 fully saturated rings. The number of ether oxygens (including phenoxy) is 1. The third kappa shape index (κ3) is 3.51. The summed E-state index contributed by atoms with van der Waals surface area (Å²) >= 11 is 0. The van der Waals surface area contributed by atoms with Gasteiger partial charge in [-0.1, -0.05) is 6.42 Å². The summed E-state index contributed by atoms with van der Waals surface area (Å²) in [5, 5.41) is 11.6. The van der Waals surface area contributed by atoms with Gasteiger partial charge < -0.3 is 14.6 Å². The van der Waals surface area contributed by atoms with Crippen molar-refractivity contribution in [2.45, 2.75) is 45.3 Å². The lowest BCUT2D eigenvalue weighted by molar-refractivity contribution is 0.101. The summed E-state index contributed by atoms with van der Waals surface area (Å²) in [6, 6.07) is 0.644. The fourth-order valence-corrected chi connectivity index (χ4v) is 2.14. The number of aromatic nitrogens is 3. The van der Waals surface area contributed by atoms with Gasteiger partial charge in [-0.05, 0) is 32.7 Å². The quantitative estimate of drug-likeness (QED) is 0.782. The number of nitrogens with zero attached hydrogens (tertiary/aromatic N) is 3. The van der Waals surface area contributed by atoms with E-state index in [2.05, 4.69) is 15.5 Å². The SMILES string of the molecule is Cc1nnc(COCCC2CCCCN2)n1C. The molecule has 5 heteroatoms. The normalized spacial score (nSPS) is 20.7. The van der Waals surface area contributed by atoms with Crippen LogP contribution in [0.25, 0.3) is 0 Å². The predicted octanol–water partition coefficient (Wildman–Crippen LogP) is 1.17. The smallest absolute Gasteiger partial charge is 0.158 e. The first-order chi connectivity index (χ1) is 8.27. The number of piperidine rings is 1. The molecule has 1 aromatic heterocycles. The minimum atomic E-state index is 0.560. The molecule has 0 spiro atoms. The van der Waals surface area contributed by atoms with Crippen LogP contribution in [-0.2, 0) is 18.4 Å². The minimum Gasteiger partial charge on any atom is -0.373 e. The van der Waals surface area contributed by atoms with Crippen molar-refractivity contribution in [3.8, 4) is 0 Å². The summed E-state index contributed by atoms with van der Waals surface area (Å²) in [5.41, 5.74) is 0. The van der Waals surface area contributed by atoms with Crippen LogP contribution in [0.4, 0.5) is 0 Å². The van der Waals surface area contributed by atoms with Crippen molar-refractivity contribution in [1.82, 2.24) is 20.1 Å². The molecule has 0 radical (unpaired) electrons. The Hall–Kier alpha value is -0.940. The van der Waals surface area contributed by atoms with Gasteiger partial charge in [0.05, 0.1) is 0 Å². The first-order valence-electron chi connectivity index (χ1n) is 6.43. The van der Waals surface area contributed by atoms with Crippen LogP contribution in [0.5, 0.6) is 0 Å². The van der Waals surface area contributed by atoms with E-state index in [1.165, 1.54) is 19.3 Å². The molecule has 1 atom stereocenters. The van der Waals surface area contributed by atoms with E-state index in [4.69, 9.17) is 4.74 Å². The second-order valence-corrected chi connectivity index (χ2v) is 4.71. The van der Waals surface area contributed by atoms with E-state index in [9.17, 15) is 0 Å². The Morgan fingerprint density at radius 1 is 1.41 bits per heavy atom. The zero-order valence-electron chi connectivity index (χ0n) is 10.8. The number of rotatable bonds is 5. The fraction of sp³-hybridized carbons (Fsp3) is 0.833. The van der Waals surface area contributed by atoms with E-state index in [1.54, 1.807) is 0 Å². The van der Waals surface area contributed by atoms with Gasteiger partial charge in [0.25, 0.3) is 0 Å². The lowest BCUT2D eigenvalue weighted by Crippen LogP contribution is -2.34. The molecule has 0 bridgehead atoms. The van der Waals surface area contributed by atoms with E-state index in [0.29, 0.717) is 12.6 Å². The van der Waals surface area contributed by atoms with Crippen LogP contribution in [0.2, 0.25) is 0 Å². The molecule has 0 aromatic carbocycles. The highest BCUT2D eigenvalue weighted by atomic mass is 16.5. The molecule has 0 aliphatic carbocycles. The van der Waals surface area contributed by atoms with Crippen LogP contribution in [-0.4, -0.2) is 34.0 Å². The van der Waals surface area contributed by atoms with Gasteiger partial charge in [0.1, 0.15) is 12.4 Å². The molecule has 2 heterocycles. The second kappa shape index (κ2) is 6.12. The summed E-state index contributed by atoms with van der Waals surface area (Å²) in [6.45, 7) is 4.46. The summed E-state index contributed by atoms with van der Waals surface area (Å²) in [5.74, 6) is 1.83. The molecule has 1 N–H and O–H groups in total. The number of hydrogen-bond acceptors (Lipinski definition) is 4. The Balaban J connectivity index is 1.64. The molecule has 2 rings (SSSR count). The molecule has 1 aliphatic rings. The van der Waals surface area contributed by atoms with Gasteiger partial charge in [-0.15, -0.1) is 10.2 Å². The minimum absolute atomic E-state index is 0.560. The highest BCUT2D eigenvalue weighted by Crippen LogP contribution is 2.10. The van der Waals surface area contributed by atoms with E-state index >= 15 is 0 Å². The maximum absolute atomic E-state index is 5.65. The van der Waals surface area contributed by atoms with Gasteiger partial charge in [0.2, 0.25) is 0 Å². The van der Waals surface area contributed by atoms with Gasteiger partial charge in [-0.3, -0.25) is 0 Å². The van der Waals surface area contributed by atoms with Crippen molar-refractivity contribution in [3.05, 3.63) is 11.6 Å². The molecular weight excluding hydrogens is 216 g/mol. The van der Waals surface area contributed by atoms with E-state index in [1.807, 2.05) is 18.5 Å². The van der Waals surface area contributed by atoms with Crippen molar-refractivity contribution in [2.75, 3.05) is 13.2 Å². The molecule has 1 aliphatic heterocycles. The largest absolute Gasteiger partial charge is 0.373 e. The monoisotopic (exact) mass is 238 g/mol. The maximum Gasteiger partial charge on any atom is 0.158 e. The number of aryl methyl sites for hydroxylation is 1. The highest BCUT2D eigenvalue weighted by Gasteiger charge is 2.12. The molecule has 1 saturated heterocycles. The van der Waals surface area contributed by atoms with Crippen molar-refractivity contribution >= 4 is 0 Å². The molecule has 17 heavy (non-hydrogen) atoms. The maximum atomic E-state index is 5.65. The Kier molecular flexibility index (Phi) is 4.50. The Morgan fingerprint density at radius 3 is 2.94 bits per heavy atom. The summed E-state index contributed by atoms with van der Waals surface area (Å²) < 4.78 is 7.62.